The number of methoxy groups -OCH3 is 2. The van der Waals surface area contributed by atoms with Crippen molar-refractivity contribution >= 4 is 39.1 Å². The van der Waals surface area contributed by atoms with Crippen LogP contribution in [0.4, 0.5) is 0 Å². The van der Waals surface area contributed by atoms with E-state index < -0.39 is 5.91 Å². The van der Waals surface area contributed by atoms with Crippen molar-refractivity contribution < 1.29 is 19.1 Å². The van der Waals surface area contributed by atoms with Crippen LogP contribution in [0.5, 0.6) is 11.5 Å². The van der Waals surface area contributed by atoms with Gasteiger partial charge in [-0.2, -0.15) is 0 Å². The summed E-state index contributed by atoms with van der Waals surface area (Å²) < 4.78 is 11.1. The van der Waals surface area contributed by atoms with Crippen molar-refractivity contribution in [3.63, 3.8) is 0 Å². The number of halogens is 1. The molecule has 6 nitrogen and oxygen atoms in total. The van der Waals surface area contributed by atoms with Gasteiger partial charge in [0.15, 0.2) is 11.5 Å². The van der Waals surface area contributed by atoms with E-state index >= 15 is 0 Å². The molecule has 0 aliphatic carbocycles. The van der Waals surface area contributed by atoms with Gasteiger partial charge in [0.05, 0.1) is 22.9 Å². The van der Waals surface area contributed by atoms with Crippen molar-refractivity contribution in [3.8, 4) is 11.5 Å². The van der Waals surface area contributed by atoms with Gasteiger partial charge in [-0.05, 0) is 46.3 Å². The van der Waals surface area contributed by atoms with Crippen molar-refractivity contribution in [3.05, 3.63) is 44.6 Å². The predicted molar refractivity (Wildman–Crippen MR) is 86.5 cm³/mol. The molecule has 0 unspecified atom stereocenters. The van der Waals surface area contributed by atoms with Gasteiger partial charge in [0.25, 0.3) is 11.8 Å². The van der Waals surface area contributed by atoms with Crippen LogP contribution in [0, 0.1) is 0 Å². The lowest BCUT2D eigenvalue weighted by atomic mass is 10.2. The second-order valence-electron chi connectivity index (χ2n) is 4.08. The van der Waals surface area contributed by atoms with Gasteiger partial charge >= 0.3 is 0 Å². The first kappa shape index (κ1) is 16.3. The number of carbonyl (C=O) groups excluding carboxylic acids is 2. The summed E-state index contributed by atoms with van der Waals surface area (Å²) in [4.78, 5) is 24.3. The molecule has 0 aliphatic heterocycles. The first-order valence-electron chi connectivity index (χ1n) is 6.13. The maximum absolute atomic E-state index is 12.0. The zero-order valence-electron chi connectivity index (χ0n) is 11.8. The lowest BCUT2D eigenvalue weighted by molar-refractivity contribution is 0.0848. The van der Waals surface area contributed by atoms with E-state index in [0.717, 1.165) is 3.79 Å². The van der Waals surface area contributed by atoms with Gasteiger partial charge in [-0.25, -0.2) is 0 Å². The number of benzene rings is 1. The maximum Gasteiger partial charge on any atom is 0.279 e. The van der Waals surface area contributed by atoms with E-state index in [-0.39, 0.29) is 5.91 Å². The van der Waals surface area contributed by atoms with E-state index in [4.69, 9.17) is 9.47 Å². The lowest BCUT2D eigenvalue weighted by Gasteiger charge is -2.10. The van der Waals surface area contributed by atoms with E-state index in [9.17, 15) is 9.59 Å². The van der Waals surface area contributed by atoms with Crippen LogP contribution in [0.1, 0.15) is 20.0 Å². The Hall–Kier alpha value is -2.06. The summed E-state index contributed by atoms with van der Waals surface area (Å²) in [5.74, 6) is 0.115. The van der Waals surface area contributed by atoms with Crippen LogP contribution in [0.15, 0.2) is 34.1 Å². The number of hydrogen-bond donors (Lipinski definition) is 2. The van der Waals surface area contributed by atoms with E-state index in [1.807, 2.05) is 0 Å². The third kappa shape index (κ3) is 3.77. The van der Waals surface area contributed by atoms with Crippen molar-refractivity contribution in [2.75, 3.05) is 14.2 Å². The molecular weight excluding hydrogens is 372 g/mol. The highest BCUT2D eigenvalue weighted by molar-refractivity contribution is 9.11. The van der Waals surface area contributed by atoms with Crippen LogP contribution >= 0.6 is 27.3 Å². The van der Waals surface area contributed by atoms with E-state index in [0.29, 0.717) is 21.9 Å². The maximum atomic E-state index is 12.0. The summed E-state index contributed by atoms with van der Waals surface area (Å²) in [6.07, 6.45) is 0. The molecular formula is C14H13BrN2O4S. The zero-order chi connectivity index (χ0) is 16.1. The number of nitrogens with one attached hydrogen (secondary N) is 2. The molecule has 0 saturated carbocycles. The Morgan fingerprint density at radius 2 is 1.68 bits per heavy atom. The minimum atomic E-state index is -0.454. The van der Waals surface area contributed by atoms with Gasteiger partial charge in [0, 0.05) is 5.56 Å². The smallest absolute Gasteiger partial charge is 0.279 e. The molecule has 0 bridgehead atoms. The standard InChI is InChI=1S/C14H13BrN2O4S/c1-20-9-4-3-8(7-10(9)21-2)13(18)16-17-14(19)11-5-6-12(15)22-11/h3-7H,1-2H3,(H,16,18)(H,17,19). The molecule has 1 aromatic carbocycles. The fourth-order valence-electron chi connectivity index (χ4n) is 1.66. The van der Waals surface area contributed by atoms with Crippen LogP contribution in [-0.4, -0.2) is 26.0 Å². The first-order chi connectivity index (χ1) is 10.5. The Morgan fingerprint density at radius 1 is 1.00 bits per heavy atom. The van der Waals surface area contributed by atoms with Gasteiger partial charge in [-0.3, -0.25) is 20.4 Å². The van der Waals surface area contributed by atoms with Crippen LogP contribution in [0.2, 0.25) is 0 Å². The largest absolute Gasteiger partial charge is 0.493 e. The highest BCUT2D eigenvalue weighted by Crippen LogP contribution is 2.27. The molecule has 22 heavy (non-hydrogen) atoms. The molecule has 1 heterocycles. The summed E-state index contributed by atoms with van der Waals surface area (Å²) in [6, 6.07) is 8.14. The van der Waals surface area contributed by atoms with Crippen molar-refractivity contribution in [1.82, 2.24) is 10.9 Å². The molecule has 2 amide bonds. The molecule has 2 N–H and O–H groups in total. The normalized spacial score (nSPS) is 9.95. The topological polar surface area (TPSA) is 76.7 Å². The number of carbonyl (C=O) groups is 2. The third-order valence-electron chi connectivity index (χ3n) is 2.73. The highest BCUT2D eigenvalue weighted by Gasteiger charge is 2.13. The monoisotopic (exact) mass is 384 g/mol. The second-order valence-corrected chi connectivity index (χ2v) is 6.54. The Kier molecular flexibility index (Phi) is 5.40. The minimum Gasteiger partial charge on any atom is -0.493 e. The summed E-state index contributed by atoms with van der Waals surface area (Å²) >= 11 is 4.54. The molecule has 0 spiro atoms. The van der Waals surface area contributed by atoms with Gasteiger partial charge in [-0.15, -0.1) is 11.3 Å². The predicted octanol–water partition coefficient (Wildman–Crippen LogP) is 2.60. The Balaban J connectivity index is 2.02. The van der Waals surface area contributed by atoms with Crippen molar-refractivity contribution in [2.24, 2.45) is 0 Å². The van der Waals surface area contributed by atoms with E-state index in [1.54, 1.807) is 24.3 Å². The number of thiophene rings is 1. The van der Waals surface area contributed by atoms with Crippen molar-refractivity contribution in [1.29, 1.82) is 0 Å². The number of ether oxygens (including phenoxy) is 2. The van der Waals surface area contributed by atoms with Gasteiger partial charge in [0.2, 0.25) is 0 Å². The van der Waals surface area contributed by atoms with Crippen molar-refractivity contribution in [2.45, 2.75) is 0 Å². The average Bonchev–Trinajstić information content (AvgIpc) is 2.98. The number of hydrogen-bond acceptors (Lipinski definition) is 5. The summed E-state index contributed by atoms with van der Waals surface area (Å²) in [5, 5.41) is 0. The molecule has 0 saturated heterocycles. The molecule has 0 atom stereocenters. The fraction of sp³-hybridized carbons (Fsp3) is 0.143. The molecule has 1 aromatic heterocycles. The average molecular weight is 385 g/mol. The number of hydrazine groups is 1. The van der Waals surface area contributed by atoms with E-state index in [1.165, 1.54) is 31.6 Å². The quantitative estimate of drug-likeness (QED) is 0.794. The Morgan fingerprint density at radius 3 is 2.27 bits per heavy atom. The molecule has 8 heteroatoms. The lowest BCUT2D eigenvalue weighted by Crippen LogP contribution is -2.41. The highest BCUT2D eigenvalue weighted by atomic mass is 79.9. The second kappa shape index (κ2) is 7.28. The molecule has 0 radical (unpaired) electrons. The van der Waals surface area contributed by atoms with Gasteiger partial charge in [-0.1, -0.05) is 0 Å². The van der Waals surface area contributed by atoms with Crippen LogP contribution in [-0.2, 0) is 0 Å². The SMILES string of the molecule is COc1ccc(C(=O)NNC(=O)c2ccc(Br)s2)cc1OC. The van der Waals surface area contributed by atoms with E-state index in [2.05, 4.69) is 26.8 Å². The van der Waals surface area contributed by atoms with Crippen LogP contribution in [0.3, 0.4) is 0 Å². The molecule has 0 fully saturated rings. The molecule has 0 aliphatic rings. The Bertz CT molecular complexity index is 702. The minimum absolute atomic E-state index is 0.338. The van der Waals surface area contributed by atoms with Gasteiger partial charge < -0.3 is 9.47 Å². The molecule has 2 aromatic rings. The zero-order valence-corrected chi connectivity index (χ0v) is 14.2. The summed E-state index contributed by atoms with van der Waals surface area (Å²) in [5.41, 5.74) is 5.05. The first-order valence-corrected chi connectivity index (χ1v) is 7.74. The van der Waals surface area contributed by atoms with Crippen LogP contribution < -0.4 is 20.3 Å². The molecule has 2 rings (SSSR count). The van der Waals surface area contributed by atoms with Gasteiger partial charge in [0.1, 0.15) is 0 Å². The van der Waals surface area contributed by atoms with Crippen LogP contribution in [0.25, 0.3) is 0 Å². The Labute approximate surface area is 139 Å². The summed E-state index contributed by atoms with van der Waals surface area (Å²) in [7, 11) is 2.99. The summed E-state index contributed by atoms with van der Waals surface area (Å²) in [6.45, 7) is 0. The number of amides is 2. The number of rotatable bonds is 4. The molecule has 116 valence electrons. The third-order valence-corrected chi connectivity index (χ3v) is 4.35. The fourth-order valence-corrected chi connectivity index (χ4v) is 2.94.